The van der Waals surface area contributed by atoms with E-state index in [4.69, 9.17) is 15.8 Å². The Balaban J connectivity index is 2.26. The van der Waals surface area contributed by atoms with Gasteiger partial charge < -0.3 is 10.8 Å². The first kappa shape index (κ1) is 20.0. The van der Waals surface area contributed by atoms with Crippen molar-refractivity contribution in [3.05, 3.63) is 64.8 Å². The molecule has 3 N–H and O–H groups in total. The SMILES string of the molecule is Cc1ccc(-c2c(CN)c(CC(C)C)nc3ccc(CCC(=O)O)cc23)cc1. The van der Waals surface area contributed by atoms with Gasteiger partial charge in [0.05, 0.1) is 5.52 Å². The minimum Gasteiger partial charge on any atom is -0.481 e. The van der Waals surface area contributed by atoms with Crippen molar-refractivity contribution in [1.82, 2.24) is 4.98 Å². The Hall–Kier alpha value is -2.72. The highest BCUT2D eigenvalue weighted by Gasteiger charge is 2.17. The van der Waals surface area contributed by atoms with Crippen molar-refractivity contribution in [3.63, 3.8) is 0 Å². The quantitative estimate of drug-likeness (QED) is 0.616. The van der Waals surface area contributed by atoms with Crippen LogP contribution in [0.3, 0.4) is 0 Å². The van der Waals surface area contributed by atoms with Crippen LogP contribution in [0.25, 0.3) is 22.0 Å². The second-order valence-corrected chi connectivity index (χ2v) is 7.83. The van der Waals surface area contributed by atoms with Gasteiger partial charge in [0.25, 0.3) is 0 Å². The minimum absolute atomic E-state index is 0.119. The molecule has 0 unspecified atom stereocenters. The van der Waals surface area contributed by atoms with Crippen LogP contribution < -0.4 is 5.73 Å². The Kier molecular flexibility index (Phi) is 6.10. The molecule has 3 aromatic rings. The van der Waals surface area contributed by atoms with E-state index in [0.29, 0.717) is 18.9 Å². The summed E-state index contributed by atoms with van der Waals surface area (Å²) in [6.45, 7) is 6.87. The molecule has 0 bridgehead atoms. The number of aliphatic carboxylic acids is 1. The maximum Gasteiger partial charge on any atom is 0.303 e. The molecule has 1 aromatic heterocycles. The summed E-state index contributed by atoms with van der Waals surface area (Å²) in [5.41, 5.74) is 13.7. The molecule has 28 heavy (non-hydrogen) atoms. The van der Waals surface area contributed by atoms with Gasteiger partial charge in [-0.25, -0.2) is 0 Å². The van der Waals surface area contributed by atoms with Crippen molar-refractivity contribution in [1.29, 1.82) is 0 Å². The standard InChI is InChI=1S/C24H28N2O2/c1-15(2)12-22-20(14-25)24(18-8-4-16(3)5-9-18)19-13-17(7-11-23(27)28)6-10-21(19)26-22/h4-6,8-10,13,15H,7,11-12,14,25H2,1-3H3,(H,27,28). The van der Waals surface area contributed by atoms with Gasteiger partial charge in [-0.2, -0.15) is 0 Å². The molecule has 0 radical (unpaired) electrons. The number of hydrogen-bond donors (Lipinski definition) is 2. The van der Waals surface area contributed by atoms with E-state index in [1.54, 1.807) is 0 Å². The number of benzene rings is 2. The third-order valence-electron chi connectivity index (χ3n) is 5.01. The van der Waals surface area contributed by atoms with Crippen LogP contribution in [0.4, 0.5) is 0 Å². The largest absolute Gasteiger partial charge is 0.481 e. The zero-order valence-electron chi connectivity index (χ0n) is 16.8. The first-order chi connectivity index (χ1) is 13.4. The summed E-state index contributed by atoms with van der Waals surface area (Å²) >= 11 is 0. The highest BCUT2D eigenvalue weighted by Crippen LogP contribution is 2.34. The summed E-state index contributed by atoms with van der Waals surface area (Å²) < 4.78 is 0. The lowest BCUT2D eigenvalue weighted by molar-refractivity contribution is -0.136. The highest BCUT2D eigenvalue weighted by atomic mass is 16.4. The number of aromatic nitrogens is 1. The van der Waals surface area contributed by atoms with E-state index >= 15 is 0 Å². The molecule has 0 saturated heterocycles. The van der Waals surface area contributed by atoms with Crippen LogP contribution in [-0.2, 0) is 24.2 Å². The lowest BCUT2D eigenvalue weighted by Gasteiger charge is -2.18. The number of carboxylic acid groups (broad SMARTS) is 1. The van der Waals surface area contributed by atoms with E-state index in [1.807, 2.05) is 12.1 Å². The fourth-order valence-electron chi connectivity index (χ4n) is 3.63. The molecule has 146 valence electrons. The Labute approximate surface area is 166 Å². The fourth-order valence-corrected chi connectivity index (χ4v) is 3.63. The van der Waals surface area contributed by atoms with Crippen molar-refractivity contribution in [2.45, 2.75) is 46.6 Å². The highest BCUT2D eigenvalue weighted by molar-refractivity contribution is 5.97. The van der Waals surface area contributed by atoms with E-state index in [9.17, 15) is 4.79 Å². The van der Waals surface area contributed by atoms with Crippen LogP contribution in [0.2, 0.25) is 0 Å². The molecule has 1 heterocycles. The van der Waals surface area contributed by atoms with Crippen LogP contribution in [-0.4, -0.2) is 16.1 Å². The molecule has 3 rings (SSSR count). The Morgan fingerprint density at radius 2 is 1.86 bits per heavy atom. The van der Waals surface area contributed by atoms with Gasteiger partial charge in [-0.05, 0) is 60.1 Å². The number of carboxylic acids is 1. The van der Waals surface area contributed by atoms with Crippen LogP contribution in [0.5, 0.6) is 0 Å². The number of aryl methyl sites for hydroxylation is 2. The number of rotatable bonds is 7. The Morgan fingerprint density at radius 3 is 2.46 bits per heavy atom. The summed E-state index contributed by atoms with van der Waals surface area (Å²) in [6, 6.07) is 14.6. The second kappa shape index (κ2) is 8.53. The molecular weight excluding hydrogens is 348 g/mol. The third kappa shape index (κ3) is 4.39. The summed E-state index contributed by atoms with van der Waals surface area (Å²) in [6.07, 6.45) is 1.50. The van der Waals surface area contributed by atoms with Gasteiger partial charge >= 0.3 is 5.97 Å². The molecule has 0 amide bonds. The first-order valence-electron chi connectivity index (χ1n) is 9.82. The minimum atomic E-state index is -0.785. The number of hydrogen-bond acceptors (Lipinski definition) is 3. The molecule has 4 nitrogen and oxygen atoms in total. The van der Waals surface area contributed by atoms with Gasteiger partial charge in [-0.1, -0.05) is 49.7 Å². The second-order valence-electron chi connectivity index (χ2n) is 7.83. The van der Waals surface area contributed by atoms with E-state index < -0.39 is 5.97 Å². The number of carbonyl (C=O) groups is 1. The average Bonchev–Trinajstić information content (AvgIpc) is 2.65. The zero-order chi connectivity index (χ0) is 20.3. The van der Waals surface area contributed by atoms with Gasteiger partial charge in [0.1, 0.15) is 0 Å². The van der Waals surface area contributed by atoms with Crippen molar-refractivity contribution < 1.29 is 9.90 Å². The summed E-state index contributed by atoms with van der Waals surface area (Å²) in [5, 5.41) is 10.1. The van der Waals surface area contributed by atoms with Gasteiger partial charge in [-0.15, -0.1) is 0 Å². The van der Waals surface area contributed by atoms with E-state index in [0.717, 1.165) is 45.3 Å². The molecule has 0 aliphatic carbocycles. The maximum atomic E-state index is 11.0. The lowest BCUT2D eigenvalue weighted by Crippen LogP contribution is -2.10. The molecule has 0 aliphatic rings. The molecule has 0 saturated carbocycles. The van der Waals surface area contributed by atoms with Gasteiger partial charge in [0.2, 0.25) is 0 Å². The molecule has 0 atom stereocenters. The molecule has 4 heteroatoms. The van der Waals surface area contributed by atoms with E-state index in [1.165, 1.54) is 5.56 Å². The van der Waals surface area contributed by atoms with Crippen LogP contribution in [0, 0.1) is 12.8 Å². The number of pyridine rings is 1. The normalized spacial score (nSPS) is 11.3. The van der Waals surface area contributed by atoms with Gasteiger partial charge in [-0.3, -0.25) is 9.78 Å². The lowest BCUT2D eigenvalue weighted by atomic mass is 9.90. The van der Waals surface area contributed by atoms with Crippen LogP contribution in [0.1, 0.15) is 42.7 Å². The van der Waals surface area contributed by atoms with Crippen LogP contribution in [0.15, 0.2) is 42.5 Å². The van der Waals surface area contributed by atoms with Crippen molar-refractivity contribution in [2.75, 3.05) is 0 Å². The first-order valence-corrected chi connectivity index (χ1v) is 9.82. The smallest absolute Gasteiger partial charge is 0.303 e. The summed E-state index contributed by atoms with van der Waals surface area (Å²) in [5.74, 6) is -0.303. The average molecular weight is 377 g/mol. The topological polar surface area (TPSA) is 76.2 Å². The Bertz CT molecular complexity index is 992. The van der Waals surface area contributed by atoms with Gasteiger partial charge in [0.15, 0.2) is 0 Å². The number of nitrogens with zero attached hydrogens (tertiary/aromatic N) is 1. The van der Waals surface area contributed by atoms with Crippen LogP contribution >= 0.6 is 0 Å². The number of fused-ring (bicyclic) bond motifs is 1. The molecule has 0 aliphatic heterocycles. The predicted octanol–water partition coefficient (Wildman–Crippen LogP) is 4.88. The van der Waals surface area contributed by atoms with Crippen molar-refractivity contribution in [2.24, 2.45) is 11.7 Å². The molecule has 0 fully saturated rings. The van der Waals surface area contributed by atoms with Gasteiger partial charge in [0, 0.05) is 24.0 Å². The summed E-state index contributed by atoms with van der Waals surface area (Å²) in [4.78, 5) is 15.9. The molecular formula is C24H28N2O2. The third-order valence-corrected chi connectivity index (χ3v) is 5.01. The molecule has 2 aromatic carbocycles. The summed E-state index contributed by atoms with van der Waals surface area (Å²) in [7, 11) is 0. The Morgan fingerprint density at radius 1 is 1.14 bits per heavy atom. The van der Waals surface area contributed by atoms with E-state index in [2.05, 4.69) is 51.1 Å². The number of nitrogens with two attached hydrogens (primary N) is 1. The zero-order valence-corrected chi connectivity index (χ0v) is 16.8. The maximum absolute atomic E-state index is 11.0. The fraction of sp³-hybridized carbons (Fsp3) is 0.333. The predicted molar refractivity (Wildman–Crippen MR) is 114 cm³/mol. The van der Waals surface area contributed by atoms with Crippen molar-refractivity contribution >= 4 is 16.9 Å². The monoisotopic (exact) mass is 376 g/mol. The molecule has 0 spiro atoms. The van der Waals surface area contributed by atoms with E-state index in [-0.39, 0.29) is 6.42 Å². The van der Waals surface area contributed by atoms with Crippen molar-refractivity contribution in [3.8, 4) is 11.1 Å².